The smallest absolute Gasteiger partial charge is 0.306 e. The molecule has 380 valence electrons. The van der Waals surface area contributed by atoms with Gasteiger partial charge < -0.3 is 14.2 Å². The van der Waals surface area contributed by atoms with E-state index in [0.29, 0.717) is 19.3 Å². The summed E-state index contributed by atoms with van der Waals surface area (Å²) < 4.78 is 16.8. The highest BCUT2D eigenvalue weighted by atomic mass is 16.6. The molecule has 0 heterocycles. The predicted molar refractivity (Wildman–Crippen MR) is 284 cm³/mol. The van der Waals surface area contributed by atoms with Crippen molar-refractivity contribution in [1.82, 2.24) is 0 Å². The second-order valence-corrected chi connectivity index (χ2v) is 18.6. The van der Waals surface area contributed by atoms with E-state index in [9.17, 15) is 14.4 Å². The second-order valence-electron chi connectivity index (χ2n) is 18.6. The lowest BCUT2D eigenvalue weighted by molar-refractivity contribution is -0.167. The Kier molecular flexibility index (Phi) is 51.9. The van der Waals surface area contributed by atoms with Gasteiger partial charge in [0.2, 0.25) is 0 Å². The molecule has 1 unspecified atom stereocenters. The molecule has 1 atom stereocenters. The molecule has 0 fully saturated rings. The van der Waals surface area contributed by atoms with Crippen molar-refractivity contribution in [3.05, 3.63) is 72.9 Å². The van der Waals surface area contributed by atoms with Crippen molar-refractivity contribution in [1.29, 1.82) is 0 Å². The summed E-state index contributed by atoms with van der Waals surface area (Å²) in [5.41, 5.74) is 0. The fraction of sp³-hybridized carbons (Fsp3) is 0.750. The van der Waals surface area contributed by atoms with Gasteiger partial charge in [-0.2, -0.15) is 0 Å². The lowest BCUT2D eigenvalue weighted by Gasteiger charge is -2.18. The van der Waals surface area contributed by atoms with E-state index < -0.39 is 6.10 Å². The van der Waals surface area contributed by atoms with E-state index in [1.54, 1.807) is 0 Å². The number of hydrogen-bond donors (Lipinski definition) is 0. The predicted octanol–water partition coefficient (Wildman–Crippen LogP) is 18.6. The molecule has 0 bridgehead atoms. The van der Waals surface area contributed by atoms with Gasteiger partial charge in [-0.05, 0) is 89.9 Å². The Labute approximate surface area is 408 Å². The number of ether oxygens (including phenoxy) is 3. The van der Waals surface area contributed by atoms with Crippen molar-refractivity contribution in [2.75, 3.05) is 13.2 Å². The molecule has 0 N–H and O–H groups in total. The molecular formula is C60H104O6. The summed E-state index contributed by atoms with van der Waals surface area (Å²) in [6, 6.07) is 0. The van der Waals surface area contributed by atoms with Gasteiger partial charge in [0.15, 0.2) is 6.10 Å². The van der Waals surface area contributed by atoms with Crippen LogP contribution in [0.1, 0.15) is 271 Å². The van der Waals surface area contributed by atoms with Crippen LogP contribution in [0, 0.1) is 0 Å². The fourth-order valence-corrected chi connectivity index (χ4v) is 7.72. The Bertz CT molecular complexity index is 1240. The highest BCUT2D eigenvalue weighted by Gasteiger charge is 2.19. The number of rotatable bonds is 50. The van der Waals surface area contributed by atoms with Crippen LogP contribution >= 0.6 is 0 Å². The molecule has 0 rings (SSSR count). The number of hydrogen-bond acceptors (Lipinski definition) is 6. The maximum atomic E-state index is 12.8. The summed E-state index contributed by atoms with van der Waals surface area (Å²) in [5, 5.41) is 0. The molecule has 0 aromatic rings. The zero-order valence-electron chi connectivity index (χ0n) is 43.4. The van der Waals surface area contributed by atoms with Crippen molar-refractivity contribution in [3.8, 4) is 0 Å². The molecular weight excluding hydrogens is 817 g/mol. The lowest BCUT2D eigenvalue weighted by Crippen LogP contribution is -2.30. The van der Waals surface area contributed by atoms with Gasteiger partial charge in [-0.1, -0.05) is 235 Å². The molecule has 0 aliphatic rings. The summed E-state index contributed by atoms with van der Waals surface area (Å²) in [6.07, 6.45) is 68.9. The average Bonchev–Trinajstić information content (AvgIpc) is 3.31. The molecule has 0 aromatic carbocycles. The largest absolute Gasteiger partial charge is 0.462 e. The number of carbonyl (C=O) groups is 3. The number of carbonyl (C=O) groups excluding carboxylic acids is 3. The molecule has 66 heavy (non-hydrogen) atoms. The maximum Gasteiger partial charge on any atom is 0.306 e. The molecule has 0 aliphatic heterocycles. The van der Waals surface area contributed by atoms with E-state index >= 15 is 0 Å². The molecule has 0 amide bonds. The monoisotopic (exact) mass is 921 g/mol. The molecule has 0 saturated carbocycles. The minimum Gasteiger partial charge on any atom is -0.462 e. The number of unbranched alkanes of at least 4 members (excludes halogenated alkanes) is 30. The summed E-state index contributed by atoms with van der Waals surface area (Å²) in [6.45, 7) is 6.54. The van der Waals surface area contributed by atoms with Crippen molar-refractivity contribution in [3.63, 3.8) is 0 Å². The minimum atomic E-state index is -0.793. The van der Waals surface area contributed by atoms with Gasteiger partial charge in [-0.25, -0.2) is 0 Å². The molecule has 0 saturated heterocycles. The Morgan fingerprint density at radius 3 is 0.970 bits per heavy atom. The van der Waals surface area contributed by atoms with Crippen LogP contribution in [-0.2, 0) is 28.6 Å². The van der Waals surface area contributed by atoms with Gasteiger partial charge in [-0.3, -0.25) is 14.4 Å². The van der Waals surface area contributed by atoms with E-state index in [-0.39, 0.29) is 31.1 Å². The van der Waals surface area contributed by atoms with Crippen molar-refractivity contribution >= 4 is 17.9 Å². The molecule has 0 aromatic heterocycles. The van der Waals surface area contributed by atoms with Gasteiger partial charge in [0.1, 0.15) is 13.2 Å². The van der Waals surface area contributed by atoms with E-state index in [4.69, 9.17) is 14.2 Å². The SMILES string of the molecule is CCCC/C=C\CCCCCCCC(=O)OCC(COC(=O)CCCCCCCCC/C=C\CCCCCCCCCC)OC(=O)CCCCCCC\C=C/C=C\C=C/C=C\CCCCC. The first-order chi connectivity index (χ1) is 32.5. The fourth-order valence-electron chi connectivity index (χ4n) is 7.72. The molecule has 6 nitrogen and oxygen atoms in total. The van der Waals surface area contributed by atoms with Crippen LogP contribution in [0.3, 0.4) is 0 Å². The Morgan fingerprint density at radius 2 is 0.576 bits per heavy atom. The highest BCUT2D eigenvalue weighted by molar-refractivity contribution is 5.71. The zero-order chi connectivity index (χ0) is 47.9. The summed E-state index contributed by atoms with van der Waals surface area (Å²) in [7, 11) is 0. The summed E-state index contributed by atoms with van der Waals surface area (Å²) >= 11 is 0. The third kappa shape index (κ3) is 51.8. The van der Waals surface area contributed by atoms with Crippen LogP contribution in [0.5, 0.6) is 0 Å². The summed E-state index contributed by atoms with van der Waals surface area (Å²) in [5.74, 6) is -0.922. The van der Waals surface area contributed by atoms with Crippen molar-refractivity contribution < 1.29 is 28.6 Å². The zero-order valence-corrected chi connectivity index (χ0v) is 43.4. The van der Waals surface area contributed by atoms with E-state index in [0.717, 1.165) is 89.9 Å². The summed E-state index contributed by atoms with van der Waals surface area (Å²) in [4.78, 5) is 38.1. The van der Waals surface area contributed by atoms with E-state index in [1.165, 1.54) is 141 Å². The second kappa shape index (κ2) is 54.5. The molecule has 0 radical (unpaired) electrons. The van der Waals surface area contributed by atoms with Crippen LogP contribution in [0.15, 0.2) is 72.9 Å². The van der Waals surface area contributed by atoms with Crippen LogP contribution < -0.4 is 0 Å². The first-order valence-corrected chi connectivity index (χ1v) is 28.0. The molecule has 0 aliphatic carbocycles. The Hall–Kier alpha value is -3.15. The average molecular weight is 921 g/mol. The Balaban J connectivity index is 4.40. The Morgan fingerprint density at radius 1 is 0.303 bits per heavy atom. The van der Waals surface area contributed by atoms with Gasteiger partial charge in [0, 0.05) is 19.3 Å². The van der Waals surface area contributed by atoms with Crippen LogP contribution in [0.4, 0.5) is 0 Å². The normalized spacial score (nSPS) is 12.6. The van der Waals surface area contributed by atoms with Crippen LogP contribution in [0.2, 0.25) is 0 Å². The third-order valence-electron chi connectivity index (χ3n) is 12.0. The third-order valence-corrected chi connectivity index (χ3v) is 12.0. The highest BCUT2D eigenvalue weighted by Crippen LogP contribution is 2.15. The topological polar surface area (TPSA) is 78.9 Å². The number of allylic oxidation sites excluding steroid dienone is 12. The van der Waals surface area contributed by atoms with Gasteiger partial charge in [0.05, 0.1) is 0 Å². The van der Waals surface area contributed by atoms with Crippen LogP contribution in [-0.4, -0.2) is 37.2 Å². The first-order valence-electron chi connectivity index (χ1n) is 28.0. The van der Waals surface area contributed by atoms with Crippen molar-refractivity contribution in [2.24, 2.45) is 0 Å². The molecule has 6 heteroatoms. The van der Waals surface area contributed by atoms with Gasteiger partial charge >= 0.3 is 17.9 Å². The van der Waals surface area contributed by atoms with E-state index in [2.05, 4.69) is 93.7 Å². The van der Waals surface area contributed by atoms with Crippen molar-refractivity contribution in [2.45, 2.75) is 277 Å². The minimum absolute atomic E-state index is 0.0898. The van der Waals surface area contributed by atoms with Gasteiger partial charge in [-0.15, -0.1) is 0 Å². The molecule has 0 spiro atoms. The van der Waals surface area contributed by atoms with Crippen LogP contribution in [0.25, 0.3) is 0 Å². The maximum absolute atomic E-state index is 12.8. The first kappa shape index (κ1) is 62.8. The quantitative estimate of drug-likeness (QED) is 0.0199. The van der Waals surface area contributed by atoms with E-state index in [1.807, 2.05) is 0 Å². The number of esters is 3. The van der Waals surface area contributed by atoms with Gasteiger partial charge in [0.25, 0.3) is 0 Å². The standard InChI is InChI=1S/C60H104O6/c1-4-7-10-13-16-19-22-24-26-28-30-32-33-35-38-41-44-47-50-53-59(62)65-56-57(55-64-58(61)52-49-46-43-40-37-21-18-15-12-9-6-3)66-60(63)54-51-48-45-42-39-36-34-31-29-27-25-23-20-17-14-11-8-5-2/h15,17-18,20,23,25,27-31,34,57H,4-14,16,19,21-22,24,26,32-33,35-56H2,1-3H3/b18-15-,20-17-,25-23-,29-27-,30-28-,34-31-. The lowest BCUT2D eigenvalue weighted by atomic mass is 10.1.